The van der Waals surface area contributed by atoms with Crippen molar-refractivity contribution >= 4 is 15.9 Å². The van der Waals surface area contributed by atoms with E-state index in [2.05, 4.69) is 0 Å². The first-order valence-electron chi connectivity index (χ1n) is 10.2. The van der Waals surface area contributed by atoms with Crippen LogP contribution >= 0.6 is 0 Å². The molecule has 0 aliphatic carbocycles. The van der Waals surface area contributed by atoms with Crippen LogP contribution in [0.2, 0.25) is 0 Å². The van der Waals surface area contributed by atoms with E-state index >= 15 is 0 Å². The molecule has 0 atom stereocenters. The van der Waals surface area contributed by atoms with Gasteiger partial charge < -0.3 is 4.90 Å². The lowest BCUT2D eigenvalue weighted by molar-refractivity contribution is 0.0785. The Bertz CT molecular complexity index is 960. The van der Waals surface area contributed by atoms with Gasteiger partial charge in [0.05, 0.1) is 4.90 Å². The Balaban J connectivity index is 1.83. The van der Waals surface area contributed by atoms with E-state index in [4.69, 9.17) is 0 Å². The first-order valence-corrected chi connectivity index (χ1v) is 11.6. The lowest BCUT2D eigenvalue weighted by atomic mass is 10.1. The van der Waals surface area contributed by atoms with Gasteiger partial charge in [-0.3, -0.25) is 4.79 Å². The van der Waals surface area contributed by atoms with Gasteiger partial charge in [0.15, 0.2) is 0 Å². The highest BCUT2D eigenvalue weighted by atomic mass is 32.2. The first-order chi connectivity index (χ1) is 13.8. The van der Waals surface area contributed by atoms with Crippen LogP contribution in [-0.2, 0) is 16.6 Å². The van der Waals surface area contributed by atoms with Crippen molar-refractivity contribution in [3.05, 3.63) is 64.7 Å². The predicted molar refractivity (Wildman–Crippen MR) is 115 cm³/mol. The minimum Gasteiger partial charge on any atom is -0.337 e. The zero-order valence-electron chi connectivity index (χ0n) is 17.5. The van der Waals surface area contributed by atoms with Crippen molar-refractivity contribution in [3.8, 4) is 0 Å². The molecule has 156 valence electrons. The molecule has 0 bridgehead atoms. The third-order valence-corrected chi connectivity index (χ3v) is 7.55. The van der Waals surface area contributed by atoms with E-state index in [0.717, 1.165) is 31.2 Å². The molecule has 1 aliphatic heterocycles. The molecule has 1 saturated heterocycles. The van der Waals surface area contributed by atoms with Crippen LogP contribution in [0.4, 0.5) is 0 Å². The quantitative estimate of drug-likeness (QED) is 0.739. The number of rotatable bonds is 5. The number of hydrogen-bond acceptors (Lipinski definition) is 3. The van der Waals surface area contributed by atoms with Crippen molar-refractivity contribution < 1.29 is 13.2 Å². The number of hydrogen-bond donors (Lipinski definition) is 0. The predicted octanol–water partition coefficient (Wildman–Crippen LogP) is 4.14. The summed E-state index contributed by atoms with van der Waals surface area (Å²) in [6.07, 6.45) is 3.90. The highest BCUT2D eigenvalue weighted by Crippen LogP contribution is 2.25. The van der Waals surface area contributed by atoms with Crippen LogP contribution in [0.15, 0.2) is 47.4 Å². The summed E-state index contributed by atoms with van der Waals surface area (Å²) in [5.41, 5.74) is 3.28. The van der Waals surface area contributed by atoms with Crippen LogP contribution in [0.25, 0.3) is 0 Å². The molecule has 0 spiro atoms. The topological polar surface area (TPSA) is 57.7 Å². The number of carbonyl (C=O) groups excluding carboxylic acids is 1. The van der Waals surface area contributed by atoms with Crippen molar-refractivity contribution in [1.29, 1.82) is 0 Å². The Morgan fingerprint density at radius 1 is 0.966 bits per heavy atom. The van der Waals surface area contributed by atoms with Crippen LogP contribution in [-0.4, -0.2) is 43.7 Å². The maximum atomic E-state index is 13.2. The molecular weight excluding hydrogens is 384 g/mol. The SMILES string of the molecule is Cc1ccc(CN(C)C(=O)c2ccc(C)c(S(=O)(=O)N3CCCCCC3)c2)cc1. The Morgan fingerprint density at radius 3 is 2.21 bits per heavy atom. The standard InChI is InChI=1S/C23H30N2O3S/c1-18-8-11-20(12-9-18)17-24(3)23(26)21-13-10-19(2)22(16-21)29(27,28)25-14-6-4-5-7-15-25/h8-13,16H,4-7,14-15,17H2,1-3H3. The van der Waals surface area contributed by atoms with Gasteiger partial charge in [-0.05, 0) is 49.9 Å². The van der Waals surface area contributed by atoms with Gasteiger partial charge in [0.2, 0.25) is 10.0 Å². The molecule has 1 heterocycles. The zero-order chi connectivity index (χ0) is 21.0. The summed E-state index contributed by atoms with van der Waals surface area (Å²) in [6.45, 7) is 5.38. The largest absolute Gasteiger partial charge is 0.337 e. The second-order valence-corrected chi connectivity index (χ2v) is 9.85. The molecule has 3 rings (SSSR count). The van der Waals surface area contributed by atoms with Crippen LogP contribution < -0.4 is 0 Å². The Labute approximate surface area is 174 Å². The Hall–Kier alpha value is -2.18. The van der Waals surface area contributed by atoms with Gasteiger partial charge in [0, 0.05) is 32.2 Å². The molecule has 29 heavy (non-hydrogen) atoms. The molecule has 5 nitrogen and oxygen atoms in total. The molecule has 1 fully saturated rings. The van der Waals surface area contributed by atoms with E-state index in [0.29, 0.717) is 30.8 Å². The van der Waals surface area contributed by atoms with Gasteiger partial charge in [0.1, 0.15) is 0 Å². The van der Waals surface area contributed by atoms with E-state index < -0.39 is 10.0 Å². The molecule has 0 unspecified atom stereocenters. The van der Waals surface area contributed by atoms with E-state index in [1.54, 1.807) is 41.4 Å². The molecule has 0 aromatic heterocycles. The van der Waals surface area contributed by atoms with Gasteiger partial charge in [-0.1, -0.05) is 48.7 Å². The number of sulfonamides is 1. The Kier molecular flexibility index (Phi) is 6.75. The van der Waals surface area contributed by atoms with Gasteiger partial charge in [0.25, 0.3) is 5.91 Å². The smallest absolute Gasteiger partial charge is 0.253 e. The lowest BCUT2D eigenvalue weighted by Crippen LogP contribution is -2.33. The number of nitrogens with zero attached hydrogens (tertiary/aromatic N) is 2. The average Bonchev–Trinajstić information content (AvgIpc) is 2.99. The van der Waals surface area contributed by atoms with Crippen LogP contribution in [0.3, 0.4) is 0 Å². The fraction of sp³-hybridized carbons (Fsp3) is 0.435. The normalized spacial score (nSPS) is 15.7. The third kappa shape index (κ3) is 5.06. The monoisotopic (exact) mass is 414 g/mol. The molecule has 6 heteroatoms. The summed E-state index contributed by atoms with van der Waals surface area (Å²) in [5, 5.41) is 0. The first kappa shape index (κ1) is 21.5. The molecule has 0 radical (unpaired) electrons. The number of benzene rings is 2. The van der Waals surface area contributed by atoms with E-state index in [1.807, 2.05) is 31.2 Å². The number of aryl methyl sites for hydroxylation is 2. The van der Waals surface area contributed by atoms with E-state index in [1.165, 1.54) is 5.56 Å². The van der Waals surface area contributed by atoms with Crippen LogP contribution in [0, 0.1) is 13.8 Å². The maximum Gasteiger partial charge on any atom is 0.253 e. The average molecular weight is 415 g/mol. The summed E-state index contributed by atoms with van der Waals surface area (Å²) in [4.78, 5) is 14.8. The summed E-state index contributed by atoms with van der Waals surface area (Å²) in [6, 6.07) is 13.0. The molecule has 0 N–H and O–H groups in total. The minimum atomic E-state index is -3.60. The van der Waals surface area contributed by atoms with Crippen molar-refractivity contribution in [2.45, 2.75) is 51.0 Å². The molecule has 0 saturated carbocycles. The second kappa shape index (κ2) is 9.09. The Morgan fingerprint density at radius 2 is 1.59 bits per heavy atom. The summed E-state index contributed by atoms with van der Waals surface area (Å²) >= 11 is 0. The van der Waals surface area contributed by atoms with Crippen molar-refractivity contribution in [3.63, 3.8) is 0 Å². The molecule has 2 aromatic carbocycles. The molecular formula is C23H30N2O3S. The van der Waals surface area contributed by atoms with Crippen LogP contribution in [0.1, 0.15) is 52.7 Å². The number of carbonyl (C=O) groups is 1. The third-order valence-electron chi connectivity index (χ3n) is 5.50. The maximum absolute atomic E-state index is 13.2. The fourth-order valence-corrected chi connectivity index (χ4v) is 5.46. The van der Waals surface area contributed by atoms with Gasteiger partial charge >= 0.3 is 0 Å². The van der Waals surface area contributed by atoms with Crippen molar-refractivity contribution in [2.24, 2.45) is 0 Å². The van der Waals surface area contributed by atoms with Crippen molar-refractivity contribution in [1.82, 2.24) is 9.21 Å². The minimum absolute atomic E-state index is 0.183. The highest BCUT2D eigenvalue weighted by molar-refractivity contribution is 7.89. The van der Waals surface area contributed by atoms with Gasteiger partial charge in [-0.25, -0.2) is 8.42 Å². The molecule has 1 aliphatic rings. The van der Waals surface area contributed by atoms with E-state index in [-0.39, 0.29) is 10.8 Å². The highest BCUT2D eigenvalue weighted by Gasteiger charge is 2.27. The van der Waals surface area contributed by atoms with Gasteiger partial charge in [-0.2, -0.15) is 4.31 Å². The van der Waals surface area contributed by atoms with Crippen molar-refractivity contribution in [2.75, 3.05) is 20.1 Å². The second-order valence-electron chi connectivity index (χ2n) is 7.95. The van der Waals surface area contributed by atoms with Gasteiger partial charge in [-0.15, -0.1) is 0 Å². The zero-order valence-corrected chi connectivity index (χ0v) is 18.3. The molecule has 2 aromatic rings. The summed E-state index contributed by atoms with van der Waals surface area (Å²) in [5.74, 6) is -0.183. The summed E-state index contributed by atoms with van der Waals surface area (Å²) < 4.78 is 28.0. The fourth-order valence-electron chi connectivity index (χ4n) is 3.69. The van der Waals surface area contributed by atoms with E-state index in [9.17, 15) is 13.2 Å². The molecule has 1 amide bonds. The lowest BCUT2D eigenvalue weighted by Gasteiger charge is -2.22. The van der Waals surface area contributed by atoms with Crippen LogP contribution in [0.5, 0.6) is 0 Å². The summed E-state index contributed by atoms with van der Waals surface area (Å²) in [7, 11) is -1.86. The number of amides is 1.